The second kappa shape index (κ2) is 6.44. The minimum atomic E-state index is -4.34. The molecule has 23 heavy (non-hydrogen) atoms. The highest BCUT2D eigenvalue weighted by Crippen LogP contribution is 2.35. The summed E-state index contributed by atoms with van der Waals surface area (Å²) in [6, 6.07) is 9.18. The van der Waals surface area contributed by atoms with Crippen LogP contribution in [0.1, 0.15) is 16.7 Å². The largest absolute Gasteiger partial charge is 0.416 e. The van der Waals surface area contributed by atoms with Gasteiger partial charge >= 0.3 is 6.18 Å². The van der Waals surface area contributed by atoms with E-state index in [4.69, 9.17) is 0 Å². The van der Waals surface area contributed by atoms with Gasteiger partial charge in [0, 0.05) is 14.1 Å². The van der Waals surface area contributed by atoms with Crippen LogP contribution in [0, 0.1) is 13.8 Å². The predicted octanol–water partition coefficient (Wildman–Crippen LogP) is 5.21. The van der Waals surface area contributed by atoms with E-state index in [2.05, 4.69) is 4.99 Å². The van der Waals surface area contributed by atoms with Gasteiger partial charge in [0.25, 0.3) is 0 Å². The molecule has 0 aromatic heterocycles. The summed E-state index contributed by atoms with van der Waals surface area (Å²) in [6.07, 6.45) is -2.64. The van der Waals surface area contributed by atoms with Crippen LogP contribution in [0.3, 0.4) is 0 Å². The van der Waals surface area contributed by atoms with Crippen molar-refractivity contribution in [3.63, 3.8) is 0 Å². The minimum Gasteiger partial charge on any atom is -0.369 e. The predicted molar refractivity (Wildman–Crippen MR) is 88.2 cm³/mol. The second-order valence-corrected chi connectivity index (χ2v) is 5.74. The number of rotatable bonds is 3. The molecule has 0 radical (unpaired) electrons. The summed E-state index contributed by atoms with van der Waals surface area (Å²) in [6.45, 7) is 3.78. The zero-order valence-corrected chi connectivity index (χ0v) is 13.6. The van der Waals surface area contributed by atoms with Gasteiger partial charge in [-0.3, -0.25) is 0 Å². The van der Waals surface area contributed by atoms with Gasteiger partial charge in [0.05, 0.1) is 17.6 Å². The Balaban J connectivity index is 2.47. The Labute approximate surface area is 134 Å². The molecule has 0 heterocycles. The molecular weight excluding hydrogens is 301 g/mol. The number of nitrogens with zero attached hydrogens (tertiary/aromatic N) is 2. The molecule has 0 bridgehead atoms. The van der Waals surface area contributed by atoms with Gasteiger partial charge in [-0.05, 0) is 60.4 Å². The zero-order chi connectivity index (χ0) is 17.2. The molecule has 122 valence electrons. The Hall–Kier alpha value is -2.30. The SMILES string of the molecule is Cc1cc(-c2cccc(C(F)(F)F)c2)c(C)cc1N=CN(C)C. The lowest BCUT2D eigenvalue weighted by Crippen LogP contribution is -2.07. The molecule has 0 saturated carbocycles. The fraction of sp³-hybridized carbons (Fsp3) is 0.278. The molecule has 0 unspecified atom stereocenters. The Morgan fingerprint density at radius 3 is 2.30 bits per heavy atom. The first-order valence-corrected chi connectivity index (χ1v) is 7.18. The standard InChI is InChI=1S/C18H19F3N2/c1-12-9-17(22-11-23(3)4)13(2)8-16(12)14-6-5-7-15(10-14)18(19,20)21/h5-11H,1-4H3. The molecule has 0 fully saturated rings. The third-order valence-electron chi connectivity index (χ3n) is 3.47. The van der Waals surface area contributed by atoms with Crippen LogP contribution in [0.2, 0.25) is 0 Å². The number of hydrogen-bond acceptors (Lipinski definition) is 1. The molecule has 0 N–H and O–H groups in total. The van der Waals surface area contributed by atoms with E-state index < -0.39 is 11.7 Å². The van der Waals surface area contributed by atoms with E-state index in [9.17, 15) is 13.2 Å². The van der Waals surface area contributed by atoms with Crippen LogP contribution in [0.15, 0.2) is 41.4 Å². The highest BCUT2D eigenvalue weighted by Gasteiger charge is 2.30. The van der Waals surface area contributed by atoms with Crippen molar-refractivity contribution in [2.45, 2.75) is 20.0 Å². The van der Waals surface area contributed by atoms with Gasteiger partial charge in [0.2, 0.25) is 0 Å². The number of aryl methyl sites for hydroxylation is 2. The Morgan fingerprint density at radius 2 is 1.70 bits per heavy atom. The van der Waals surface area contributed by atoms with E-state index in [1.807, 2.05) is 45.0 Å². The summed E-state index contributed by atoms with van der Waals surface area (Å²) in [7, 11) is 3.76. The second-order valence-electron chi connectivity index (χ2n) is 5.74. The molecule has 0 aliphatic rings. The summed E-state index contributed by atoms with van der Waals surface area (Å²) in [4.78, 5) is 6.21. The normalized spacial score (nSPS) is 12.0. The van der Waals surface area contributed by atoms with Crippen LogP contribution >= 0.6 is 0 Å². The van der Waals surface area contributed by atoms with Gasteiger partial charge in [-0.25, -0.2) is 4.99 Å². The van der Waals surface area contributed by atoms with Crippen molar-refractivity contribution in [3.8, 4) is 11.1 Å². The van der Waals surface area contributed by atoms with E-state index in [0.29, 0.717) is 5.56 Å². The van der Waals surface area contributed by atoms with Crippen molar-refractivity contribution in [1.82, 2.24) is 4.90 Å². The average molecular weight is 320 g/mol. The monoisotopic (exact) mass is 320 g/mol. The fourth-order valence-corrected chi connectivity index (χ4v) is 2.29. The molecule has 0 aliphatic carbocycles. The first-order chi connectivity index (χ1) is 10.7. The maximum absolute atomic E-state index is 12.9. The molecule has 0 spiro atoms. The third-order valence-corrected chi connectivity index (χ3v) is 3.47. The summed E-state index contributed by atoms with van der Waals surface area (Å²) in [5.74, 6) is 0. The summed E-state index contributed by atoms with van der Waals surface area (Å²) >= 11 is 0. The Bertz CT molecular complexity index is 732. The van der Waals surface area contributed by atoms with E-state index >= 15 is 0 Å². The topological polar surface area (TPSA) is 15.6 Å². The minimum absolute atomic E-state index is 0.559. The molecule has 2 rings (SSSR count). The van der Waals surface area contributed by atoms with Gasteiger partial charge in [0.15, 0.2) is 0 Å². The fourth-order valence-electron chi connectivity index (χ4n) is 2.29. The maximum atomic E-state index is 12.9. The van der Waals surface area contributed by atoms with Crippen LogP contribution in [0.5, 0.6) is 0 Å². The summed E-state index contributed by atoms with van der Waals surface area (Å²) in [5.41, 5.74) is 3.33. The lowest BCUT2D eigenvalue weighted by atomic mass is 9.96. The average Bonchev–Trinajstić information content (AvgIpc) is 2.47. The highest BCUT2D eigenvalue weighted by atomic mass is 19.4. The molecule has 0 saturated heterocycles. The number of hydrogen-bond donors (Lipinski definition) is 0. The zero-order valence-electron chi connectivity index (χ0n) is 13.6. The first-order valence-electron chi connectivity index (χ1n) is 7.18. The van der Waals surface area contributed by atoms with Crippen LogP contribution in [0.4, 0.5) is 18.9 Å². The molecule has 0 aliphatic heterocycles. The quantitative estimate of drug-likeness (QED) is 0.560. The Kier molecular flexibility index (Phi) is 4.78. The molecule has 2 nitrogen and oxygen atoms in total. The van der Waals surface area contributed by atoms with Crippen LogP contribution in [-0.2, 0) is 6.18 Å². The van der Waals surface area contributed by atoms with Gasteiger partial charge < -0.3 is 4.90 Å². The number of alkyl halides is 3. The molecule has 0 amide bonds. The van der Waals surface area contributed by atoms with E-state index in [1.165, 1.54) is 12.1 Å². The molecule has 2 aromatic carbocycles. The van der Waals surface area contributed by atoms with Gasteiger partial charge in [-0.1, -0.05) is 12.1 Å². The van der Waals surface area contributed by atoms with E-state index in [-0.39, 0.29) is 0 Å². The van der Waals surface area contributed by atoms with Crippen molar-refractivity contribution >= 4 is 12.0 Å². The highest BCUT2D eigenvalue weighted by molar-refractivity contribution is 5.73. The first kappa shape index (κ1) is 17.1. The van der Waals surface area contributed by atoms with Crippen LogP contribution in [0.25, 0.3) is 11.1 Å². The van der Waals surface area contributed by atoms with Crippen molar-refractivity contribution in [1.29, 1.82) is 0 Å². The molecular formula is C18H19F3N2. The van der Waals surface area contributed by atoms with Gasteiger partial charge in [-0.2, -0.15) is 13.2 Å². The van der Waals surface area contributed by atoms with Crippen LogP contribution < -0.4 is 0 Å². The molecule has 2 aromatic rings. The molecule has 0 atom stereocenters. The summed E-state index contributed by atoms with van der Waals surface area (Å²) < 4.78 is 38.6. The van der Waals surface area contributed by atoms with Crippen molar-refractivity contribution in [2.24, 2.45) is 4.99 Å². The van der Waals surface area contributed by atoms with Crippen LogP contribution in [-0.4, -0.2) is 25.3 Å². The van der Waals surface area contributed by atoms with Crippen molar-refractivity contribution < 1.29 is 13.2 Å². The van der Waals surface area contributed by atoms with E-state index in [1.54, 1.807) is 12.4 Å². The maximum Gasteiger partial charge on any atom is 0.416 e. The Morgan fingerprint density at radius 1 is 1.00 bits per heavy atom. The number of halogens is 3. The van der Waals surface area contributed by atoms with Gasteiger partial charge in [0.1, 0.15) is 0 Å². The molecule has 5 heteroatoms. The smallest absolute Gasteiger partial charge is 0.369 e. The third kappa shape index (κ3) is 4.12. The summed E-state index contributed by atoms with van der Waals surface area (Å²) in [5, 5.41) is 0. The van der Waals surface area contributed by atoms with Gasteiger partial charge in [-0.15, -0.1) is 0 Å². The van der Waals surface area contributed by atoms with E-state index in [0.717, 1.165) is 28.4 Å². The van der Waals surface area contributed by atoms with Crippen molar-refractivity contribution in [2.75, 3.05) is 14.1 Å². The number of benzene rings is 2. The lowest BCUT2D eigenvalue weighted by Gasteiger charge is -2.13. The number of aliphatic imine (C=N–C) groups is 1. The lowest BCUT2D eigenvalue weighted by molar-refractivity contribution is -0.137. The van der Waals surface area contributed by atoms with Crippen molar-refractivity contribution in [3.05, 3.63) is 53.1 Å².